The number of ketones is 1. The Morgan fingerprint density at radius 2 is 2.24 bits per heavy atom. The third kappa shape index (κ3) is 3.75. The minimum Gasteiger partial charge on any atom is -0.488 e. The summed E-state index contributed by atoms with van der Waals surface area (Å²) >= 11 is 1.24. The number of nitriles is 1. The molecule has 7 heteroatoms. The van der Waals surface area contributed by atoms with Crippen molar-refractivity contribution in [3.63, 3.8) is 0 Å². The Bertz CT molecular complexity index is 894. The van der Waals surface area contributed by atoms with Crippen LogP contribution < -0.4 is 4.74 Å². The minimum absolute atomic E-state index is 0.0807. The van der Waals surface area contributed by atoms with Crippen LogP contribution in [0.3, 0.4) is 0 Å². The molecule has 3 rings (SSSR count). The molecule has 1 aliphatic rings. The molecule has 2 heterocycles. The number of nitrogens with zero attached hydrogens (tertiary/aromatic N) is 2. The van der Waals surface area contributed by atoms with Crippen LogP contribution in [-0.2, 0) is 14.3 Å². The van der Waals surface area contributed by atoms with Crippen LogP contribution in [0.1, 0.15) is 22.2 Å². The van der Waals surface area contributed by atoms with E-state index >= 15 is 0 Å². The molecule has 0 N–H and O–H groups in total. The van der Waals surface area contributed by atoms with Gasteiger partial charge < -0.3 is 9.47 Å². The van der Waals surface area contributed by atoms with Crippen LogP contribution in [0.25, 0.3) is 6.08 Å². The average molecular weight is 354 g/mol. The van der Waals surface area contributed by atoms with Crippen LogP contribution in [0.5, 0.6) is 5.75 Å². The molecule has 126 valence electrons. The highest BCUT2D eigenvalue weighted by molar-refractivity contribution is 7.09. The maximum absolute atomic E-state index is 12.2. The van der Waals surface area contributed by atoms with Crippen LogP contribution in [0.4, 0.5) is 0 Å². The first-order chi connectivity index (χ1) is 12.1. The van der Waals surface area contributed by atoms with Gasteiger partial charge in [-0.2, -0.15) is 5.26 Å². The maximum Gasteiger partial charge on any atom is 0.337 e. The molecule has 0 radical (unpaired) electrons. The van der Waals surface area contributed by atoms with Crippen LogP contribution in [0.15, 0.2) is 35.2 Å². The molecule has 25 heavy (non-hydrogen) atoms. The number of hydrogen-bond acceptors (Lipinski definition) is 7. The van der Waals surface area contributed by atoms with Crippen LogP contribution in [0.2, 0.25) is 0 Å². The first-order valence-electron chi connectivity index (χ1n) is 7.52. The maximum atomic E-state index is 12.2. The fourth-order valence-electron chi connectivity index (χ4n) is 2.32. The van der Waals surface area contributed by atoms with Crippen LogP contribution in [0, 0.1) is 18.3 Å². The van der Waals surface area contributed by atoms with Crippen molar-refractivity contribution in [1.29, 1.82) is 5.26 Å². The Labute approximate surface area is 148 Å². The van der Waals surface area contributed by atoms with Crippen molar-refractivity contribution in [1.82, 2.24) is 4.98 Å². The van der Waals surface area contributed by atoms with E-state index in [0.717, 1.165) is 11.3 Å². The van der Waals surface area contributed by atoms with Gasteiger partial charge in [0, 0.05) is 16.6 Å². The van der Waals surface area contributed by atoms with Crippen molar-refractivity contribution >= 4 is 29.2 Å². The van der Waals surface area contributed by atoms with Crippen molar-refractivity contribution in [2.45, 2.75) is 12.8 Å². The largest absolute Gasteiger partial charge is 0.488 e. The average Bonchev–Trinajstić information content (AvgIpc) is 3.05. The van der Waals surface area contributed by atoms with Gasteiger partial charge in [-0.05, 0) is 19.1 Å². The lowest BCUT2D eigenvalue weighted by atomic mass is 10.1. The predicted molar refractivity (Wildman–Crippen MR) is 91.1 cm³/mol. The smallest absolute Gasteiger partial charge is 0.337 e. The monoisotopic (exact) mass is 354 g/mol. The number of rotatable bonds is 5. The highest BCUT2D eigenvalue weighted by atomic mass is 32.1. The third-order valence-electron chi connectivity index (χ3n) is 3.57. The molecule has 0 fully saturated rings. The Kier molecular flexibility index (Phi) is 4.91. The Hall–Kier alpha value is -2.98. The van der Waals surface area contributed by atoms with Gasteiger partial charge in [0.25, 0.3) is 0 Å². The molecule has 0 bridgehead atoms. The minimum atomic E-state index is -1.02. The molecule has 2 aromatic rings. The number of ether oxygens (including phenoxy) is 2. The summed E-state index contributed by atoms with van der Waals surface area (Å²) in [6, 6.07) is 9.23. The molecule has 0 saturated heterocycles. The van der Waals surface area contributed by atoms with Crippen molar-refractivity contribution < 1.29 is 19.1 Å². The summed E-state index contributed by atoms with van der Waals surface area (Å²) in [5.41, 5.74) is 1.85. The van der Waals surface area contributed by atoms with Gasteiger partial charge in [0.05, 0.1) is 11.6 Å². The summed E-state index contributed by atoms with van der Waals surface area (Å²) in [4.78, 5) is 28.5. The van der Waals surface area contributed by atoms with Gasteiger partial charge in [0.1, 0.15) is 17.4 Å². The molecular formula is C18H14N2O4S. The summed E-state index contributed by atoms with van der Waals surface area (Å²) < 4.78 is 10.5. The van der Waals surface area contributed by atoms with E-state index in [4.69, 9.17) is 9.47 Å². The van der Waals surface area contributed by atoms with Gasteiger partial charge in [-0.1, -0.05) is 18.2 Å². The number of Topliss-reactive ketones (excluding diaryl/α,β-unsaturated/α-hetero) is 1. The molecule has 6 nitrogen and oxygen atoms in total. The second-order valence-corrected chi connectivity index (χ2v) is 6.32. The van der Waals surface area contributed by atoms with Gasteiger partial charge in [-0.3, -0.25) is 4.79 Å². The van der Waals surface area contributed by atoms with E-state index in [1.807, 2.05) is 30.3 Å². The number of para-hydroxylation sites is 1. The highest BCUT2D eigenvalue weighted by Crippen LogP contribution is 2.26. The first kappa shape index (κ1) is 16.9. The molecule has 1 aliphatic heterocycles. The number of hydrogen-bond donors (Lipinski definition) is 0. The van der Waals surface area contributed by atoms with E-state index in [-0.39, 0.29) is 6.61 Å². The number of aryl methyl sites for hydroxylation is 1. The van der Waals surface area contributed by atoms with E-state index in [9.17, 15) is 14.9 Å². The molecule has 0 amide bonds. The van der Waals surface area contributed by atoms with E-state index in [1.54, 1.807) is 18.4 Å². The zero-order chi connectivity index (χ0) is 17.8. The van der Waals surface area contributed by atoms with E-state index in [1.165, 1.54) is 11.3 Å². The zero-order valence-corrected chi connectivity index (χ0v) is 14.2. The van der Waals surface area contributed by atoms with Gasteiger partial charge in [-0.25, -0.2) is 9.78 Å². The lowest BCUT2D eigenvalue weighted by Gasteiger charge is -2.17. The molecule has 0 saturated carbocycles. The quantitative estimate of drug-likeness (QED) is 0.767. The number of aromatic nitrogens is 1. The first-order valence-corrected chi connectivity index (χ1v) is 8.40. The summed E-state index contributed by atoms with van der Waals surface area (Å²) in [5.74, 6) is -1.46. The van der Waals surface area contributed by atoms with Gasteiger partial charge in [-0.15, -0.1) is 11.3 Å². The molecule has 0 spiro atoms. The normalized spacial score (nSPS) is 13.7. The fourth-order valence-corrected chi connectivity index (χ4v) is 3.18. The van der Waals surface area contributed by atoms with Crippen molar-refractivity contribution in [2.24, 2.45) is 0 Å². The molecule has 0 unspecified atom stereocenters. The van der Waals surface area contributed by atoms with Gasteiger partial charge in [0.15, 0.2) is 18.3 Å². The summed E-state index contributed by atoms with van der Waals surface area (Å²) in [6.45, 7) is 1.39. The topological polar surface area (TPSA) is 89.3 Å². The van der Waals surface area contributed by atoms with Gasteiger partial charge in [0.2, 0.25) is 0 Å². The zero-order valence-electron chi connectivity index (χ0n) is 13.4. The molecule has 0 aliphatic carbocycles. The third-order valence-corrected chi connectivity index (χ3v) is 4.60. The number of esters is 1. The molecule has 1 aromatic heterocycles. The van der Waals surface area contributed by atoms with Crippen molar-refractivity contribution in [3.05, 3.63) is 51.5 Å². The Morgan fingerprint density at radius 3 is 2.96 bits per heavy atom. The number of carbonyl (C=O) groups is 2. The summed E-state index contributed by atoms with van der Waals surface area (Å²) in [5, 5.41) is 11.4. The number of thiazole rings is 1. The van der Waals surface area contributed by atoms with Crippen molar-refractivity contribution in [3.8, 4) is 11.8 Å². The highest BCUT2D eigenvalue weighted by Gasteiger charge is 2.25. The lowest BCUT2D eigenvalue weighted by molar-refractivity contribution is -0.144. The number of fused-ring (bicyclic) bond motifs is 1. The number of carbonyl (C=O) groups excluding carboxylic acids is 2. The molecule has 1 aromatic carbocycles. The van der Waals surface area contributed by atoms with Gasteiger partial charge >= 0.3 is 5.97 Å². The standard InChI is InChI=1S/C18H14N2O4S/c1-11-10-25-17(20-11)14(7-19)15(21)9-24-18(22)13-6-12-4-2-3-5-16(12)23-8-13/h2-6,10,14H,8-9H2,1H3/t14-/m1/s1. The van der Waals surface area contributed by atoms with E-state index in [2.05, 4.69) is 4.98 Å². The van der Waals surface area contributed by atoms with E-state index < -0.39 is 24.3 Å². The SMILES string of the molecule is Cc1csc([C@H](C#N)C(=O)COC(=O)C2=Cc3ccccc3OC2)n1. The van der Waals surface area contributed by atoms with E-state index in [0.29, 0.717) is 16.3 Å². The second kappa shape index (κ2) is 7.28. The van der Waals surface area contributed by atoms with Crippen LogP contribution >= 0.6 is 11.3 Å². The lowest BCUT2D eigenvalue weighted by Crippen LogP contribution is -2.23. The van der Waals surface area contributed by atoms with Crippen LogP contribution in [-0.4, -0.2) is 30.0 Å². The molecule has 1 atom stereocenters. The molecular weight excluding hydrogens is 340 g/mol. The Morgan fingerprint density at radius 1 is 1.44 bits per heavy atom. The Balaban J connectivity index is 1.63. The summed E-state index contributed by atoms with van der Waals surface area (Å²) in [7, 11) is 0. The number of benzene rings is 1. The van der Waals surface area contributed by atoms with Crippen molar-refractivity contribution in [2.75, 3.05) is 13.2 Å². The fraction of sp³-hybridized carbons (Fsp3) is 0.222. The second-order valence-electron chi connectivity index (χ2n) is 5.43. The predicted octanol–water partition coefficient (Wildman–Crippen LogP) is 2.65. The summed E-state index contributed by atoms with van der Waals surface area (Å²) in [6.07, 6.45) is 1.68.